The van der Waals surface area contributed by atoms with Gasteiger partial charge < -0.3 is 25.4 Å². The Kier molecular flexibility index (Phi) is 6.43. The fourth-order valence-corrected chi connectivity index (χ4v) is 2.46. The number of rotatable bonds is 4. The molecule has 2 rings (SSSR count). The SMILES string of the molecule is CC(C)(C)OC(=O)N[C@@H]1CNC(=O)C[C@H]1NC(=O)OCc1ccccc1. The lowest BCUT2D eigenvalue weighted by molar-refractivity contribution is -0.123. The van der Waals surface area contributed by atoms with Crippen LogP contribution in [0.15, 0.2) is 30.3 Å². The molecule has 0 bridgehead atoms. The maximum Gasteiger partial charge on any atom is 0.408 e. The third kappa shape index (κ3) is 6.62. The van der Waals surface area contributed by atoms with Crippen LogP contribution in [0.25, 0.3) is 0 Å². The van der Waals surface area contributed by atoms with Crippen molar-refractivity contribution in [1.82, 2.24) is 16.0 Å². The fourth-order valence-electron chi connectivity index (χ4n) is 2.46. The van der Waals surface area contributed by atoms with Gasteiger partial charge in [-0.3, -0.25) is 4.79 Å². The number of carbonyl (C=O) groups is 3. The van der Waals surface area contributed by atoms with Gasteiger partial charge in [-0.05, 0) is 26.3 Å². The lowest BCUT2D eigenvalue weighted by Crippen LogP contribution is -2.61. The predicted octanol–water partition coefficient (Wildman–Crippen LogP) is 1.69. The summed E-state index contributed by atoms with van der Waals surface area (Å²) in [5.74, 6) is -0.208. The van der Waals surface area contributed by atoms with Crippen LogP contribution in [0.4, 0.5) is 9.59 Å². The van der Waals surface area contributed by atoms with Crippen LogP contribution in [-0.4, -0.2) is 42.3 Å². The molecule has 0 saturated carbocycles. The maximum absolute atomic E-state index is 12.0. The Morgan fingerprint density at radius 3 is 2.42 bits per heavy atom. The Morgan fingerprint density at radius 2 is 1.77 bits per heavy atom. The van der Waals surface area contributed by atoms with Gasteiger partial charge >= 0.3 is 12.2 Å². The van der Waals surface area contributed by atoms with Gasteiger partial charge in [-0.25, -0.2) is 9.59 Å². The molecule has 8 heteroatoms. The van der Waals surface area contributed by atoms with Crippen LogP contribution in [0, 0.1) is 0 Å². The zero-order valence-electron chi connectivity index (χ0n) is 15.2. The van der Waals surface area contributed by atoms with Crippen molar-refractivity contribution in [2.45, 2.75) is 51.5 Å². The first-order valence-corrected chi connectivity index (χ1v) is 8.46. The molecule has 0 unspecified atom stereocenters. The molecule has 1 aromatic rings. The fraction of sp³-hybridized carbons (Fsp3) is 0.500. The number of alkyl carbamates (subject to hydrolysis) is 2. The molecular weight excluding hydrogens is 338 g/mol. The highest BCUT2D eigenvalue weighted by Gasteiger charge is 2.33. The number of carbonyl (C=O) groups excluding carboxylic acids is 3. The Bertz CT molecular complexity index is 642. The van der Waals surface area contributed by atoms with Crippen LogP contribution in [-0.2, 0) is 20.9 Å². The van der Waals surface area contributed by atoms with Crippen LogP contribution in [0.5, 0.6) is 0 Å². The summed E-state index contributed by atoms with van der Waals surface area (Å²) in [4.78, 5) is 35.7. The van der Waals surface area contributed by atoms with Crippen LogP contribution >= 0.6 is 0 Å². The first-order chi connectivity index (χ1) is 12.2. The molecule has 2 atom stereocenters. The molecular formula is C18H25N3O5. The van der Waals surface area contributed by atoms with Gasteiger partial charge in [0.25, 0.3) is 0 Å². The number of hydrogen-bond acceptors (Lipinski definition) is 5. The minimum Gasteiger partial charge on any atom is -0.445 e. The van der Waals surface area contributed by atoms with Crippen molar-refractivity contribution in [3.05, 3.63) is 35.9 Å². The van der Waals surface area contributed by atoms with Gasteiger partial charge in [0.2, 0.25) is 5.91 Å². The van der Waals surface area contributed by atoms with E-state index in [-0.39, 0.29) is 25.5 Å². The van der Waals surface area contributed by atoms with Gasteiger partial charge in [-0.15, -0.1) is 0 Å². The molecule has 1 heterocycles. The Hall–Kier alpha value is -2.77. The number of amides is 3. The third-order valence-corrected chi connectivity index (χ3v) is 3.63. The van der Waals surface area contributed by atoms with Crippen molar-refractivity contribution in [2.24, 2.45) is 0 Å². The highest BCUT2D eigenvalue weighted by atomic mass is 16.6. The summed E-state index contributed by atoms with van der Waals surface area (Å²) < 4.78 is 10.4. The summed E-state index contributed by atoms with van der Waals surface area (Å²) in [5, 5.41) is 7.98. The largest absolute Gasteiger partial charge is 0.445 e. The summed E-state index contributed by atoms with van der Waals surface area (Å²) in [7, 11) is 0. The van der Waals surface area contributed by atoms with Crippen molar-refractivity contribution in [1.29, 1.82) is 0 Å². The summed E-state index contributed by atoms with van der Waals surface area (Å²) in [5.41, 5.74) is 0.215. The average Bonchev–Trinajstić information content (AvgIpc) is 2.55. The van der Waals surface area contributed by atoms with Crippen LogP contribution in [0.3, 0.4) is 0 Å². The second-order valence-electron chi connectivity index (χ2n) is 7.07. The predicted molar refractivity (Wildman–Crippen MR) is 94.3 cm³/mol. The van der Waals surface area contributed by atoms with Crippen molar-refractivity contribution in [3.63, 3.8) is 0 Å². The zero-order valence-corrected chi connectivity index (χ0v) is 15.2. The molecule has 0 radical (unpaired) electrons. The van der Waals surface area contributed by atoms with Crippen LogP contribution < -0.4 is 16.0 Å². The molecule has 3 amide bonds. The van der Waals surface area contributed by atoms with Gasteiger partial charge in [0.05, 0.1) is 12.1 Å². The van der Waals surface area contributed by atoms with Crippen molar-refractivity contribution < 1.29 is 23.9 Å². The standard InChI is InChI=1S/C18H25N3O5/c1-18(2,3)26-17(24)21-14-10-19-15(22)9-13(14)20-16(23)25-11-12-7-5-4-6-8-12/h4-8,13-14H,9-11H2,1-3H3,(H,19,22)(H,20,23)(H,21,24)/t13-,14-/m1/s1. The van der Waals surface area contributed by atoms with Crippen molar-refractivity contribution in [3.8, 4) is 0 Å². The van der Waals surface area contributed by atoms with E-state index < -0.39 is 29.9 Å². The number of benzene rings is 1. The summed E-state index contributed by atoms with van der Waals surface area (Å²) in [6.45, 7) is 5.58. The quantitative estimate of drug-likeness (QED) is 0.755. The molecule has 1 aliphatic heterocycles. The highest BCUT2D eigenvalue weighted by Crippen LogP contribution is 2.10. The van der Waals surface area contributed by atoms with Gasteiger partial charge in [-0.1, -0.05) is 30.3 Å². The van der Waals surface area contributed by atoms with E-state index in [1.165, 1.54) is 0 Å². The van der Waals surface area contributed by atoms with Crippen LogP contribution in [0.1, 0.15) is 32.8 Å². The van der Waals surface area contributed by atoms with Crippen LogP contribution in [0.2, 0.25) is 0 Å². The van der Waals surface area contributed by atoms with E-state index in [2.05, 4.69) is 16.0 Å². The van der Waals surface area contributed by atoms with E-state index in [9.17, 15) is 14.4 Å². The molecule has 0 aromatic heterocycles. The first-order valence-electron chi connectivity index (χ1n) is 8.46. The number of nitrogens with one attached hydrogen (secondary N) is 3. The Labute approximate surface area is 152 Å². The Balaban J connectivity index is 1.89. The van der Waals surface area contributed by atoms with Crippen molar-refractivity contribution in [2.75, 3.05) is 6.54 Å². The molecule has 142 valence electrons. The van der Waals surface area contributed by atoms with Gasteiger partial charge in [0, 0.05) is 13.0 Å². The average molecular weight is 363 g/mol. The van der Waals surface area contributed by atoms with Gasteiger partial charge in [-0.2, -0.15) is 0 Å². The molecule has 1 aromatic carbocycles. The molecule has 0 aliphatic carbocycles. The maximum atomic E-state index is 12.0. The highest BCUT2D eigenvalue weighted by molar-refractivity contribution is 5.79. The summed E-state index contributed by atoms with van der Waals surface area (Å²) >= 11 is 0. The first kappa shape index (κ1) is 19.6. The van der Waals surface area contributed by atoms with E-state index in [0.717, 1.165) is 5.56 Å². The minimum absolute atomic E-state index is 0.0426. The normalized spacial score (nSPS) is 19.9. The number of piperidine rings is 1. The molecule has 1 fully saturated rings. The molecule has 3 N–H and O–H groups in total. The second kappa shape index (κ2) is 8.55. The second-order valence-corrected chi connectivity index (χ2v) is 7.07. The number of hydrogen-bond donors (Lipinski definition) is 3. The minimum atomic E-state index is -0.649. The van der Waals surface area contributed by atoms with Gasteiger partial charge in [0.1, 0.15) is 12.2 Å². The smallest absolute Gasteiger partial charge is 0.408 e. The van der Waals surface area contributed by atoms with Crippen molar-refractivity contribution >= 4 is 18.1 Å². The van der Waals surface area contributed by atoms with E-state index in [4.69, 9.17) is 9.47 Å². The van der Waals surface area contributed by atoms with E-state index >= 15 is 0 Å². The molecule has 0 spiro atoms. The lowest BCUT2D eigenvalue weighted by atomic mass is 10.0. The molecule has 1 aliphatic rings. The van der Waals surface area contributed by atoms with E-state index in [0.29, 0.717) is 0 Å². The Morgan fingerprint density at radius 1 is 1.12 bits per heavy atom. The lowest BCUT2D eigenvalue weighted by Gasteiger charge is -2.33. The molecule has 8 nitrogen and oxygen atoms in total. The summed E-state index contributed by atoms with van der Waals surface area (Å²) in [6.07, 6.45) is -1.21. The van der Waals surface area contributed by atoms with E-state index in [1.807, 2.05) is 30.3 Å². The number of ether oxygens (including phenoxy) is 2. The van der Waals surface area contributed by atoms with Gasteiger partial charge in [0.15, 0.2) is 0 Å². The zero-order chi connectivity index (χ0) is 19.2. The monoisotopic (exact) mass is 363 g/mol. The third-order valence-electron chi connectivity index (χ3n) is 3.63. The molecule has 1 saturated heterocycles. The summed E-state index contributed by atoms with van der Waals surface area (Å²) in [6, 6.07) is 8.18. The molecule has 26 heavy (non-hydrogen) atoms. The topological polar surface area (TPSA) is 106 Å². The van der Waals surface area contributed by atoms with E-state index in [1.54, 1.807) is 20.8 Å².